The van der Waals surface area contributed by atoms with Crippen molar-refractivity contribution in [1.29, 1.82) is 0 Å². The van der Waals surface area contributed by atoms with Crippen LogP contribution in [-0.4, -0.2) is 12.0 Å². The molecule has 38 valence electrons. The third-order valence-corrected chi connectivity index (χ3v) is 3.10. The van der Waals surface area contributed by atoms with E-state index in [1.807, 2.05) is 0 Å². The van der Waals surface area contributed by atoms with Crippen LogP contribution in [0.15, 0.2) is 0 Å². The summed E-state index contributed by atoms with van der Waals surface area (Å²) in [6, 6.07) is 0. The van der Waals surface area contributed by atoms with E-state index in [0.29, 0.717) is 0 Å². The van der Waals surface area contributed by atoms with Crippen molar-refractivity contribution >= 4 is 46.5 Å². The van der Waals surface area contributed by atoms with Crippen molar-refractivity contribution in [1.82, 2.24) is 0 Å². The largest absolute Gasteiger partial charge is 0.436 e. The molecule has 0 aromatic heterocycles. The van der Waals surface area contributed by atoms with Crippen molar-refractivity contribution in [3.05, 3.63) is 0 Å². The summed E-state index contributed by atoms with van der Waals surface area (Å²) < 4.78 is 4.68. The fraction of sp³-hybridized carbons (Fsp3) is 1.00. The van der Waals surface area contributed by atoms with Crippen molar-refractivity contribution in [2.24, 2.45) is 0 Å². The van der Waals surface area contributed by atoms with Crippen molar-refractivity contribution < 1.29 is 4.43 Å². The monoisotopic (exact) mass is 252 g/mol. The van der Waals surface area contributed by atoms with Gasteiger partial charge in [0.1, 0.15) is 0 Å². The summed E-state index contributed by atoms with van der Waals surface area (Å²) in [6.45, 7) is 0. The van der Waals surface area contributed by atoms with Crippen LogP contribution in [0.25, 0.3) is 0 Å². The maximum atomic E-state index is 5.47. The molecule has 0 aliphatic rings. The van der Waals surface area contributed by atoms with E-state index in [-0.39, 0.29) is 0 Å². The highest BCUT2D eigenvalue weighted by Crippen LogP contribution is 2.24. The molecule has 0 spiro atoms. The van der Waals surface area contributed by atoms with Crippen LogP contribution in [0, 0.1) is 0 Å². The molecule has 0 aromatic carbocycles. The minimum atomic E-state index is -2.03. The zero-order chi connectivity index (χ0) is 5.21. The van der Waals surface area contributed by atoms with E-state index in [2.05, 4.69) is 35.0 Å². The fourth-order valence-electron chi connectivity index (χ4n) is 0. The van der Waals surface area contributed by atoms with Gasteiger partial charge in [-0.2, -0.15) is 0 Å². The van der Waals surface area contributed by atoms with E-state index < -0.39 is 4.87 Å². The Morgan fingerprint density at radius 2 is 1.83 bits per heavy atom. The number of rotatable bonds is 1. The molecule has 0 amide bonds. The predicted octanol–water partition coefficient (Wildman–Crippen LogP) is 2.10. The van der Waals surface area contributed by atoms with E-state index in [1.54, 1.807) is 7.11 Å². The molecule has 0 aliphatic heterocycles. The van der Waals surface area contributed by atoms with Crippen molar-refractivity contribution in [3.8, 4) is 0 Å². The molecule has 0 unspecified atom stereocenters. The summed E-state index contributed by atoms with van der Waals surface area (Å²) in [6.07, 6.45) is 0. The molecule has 0 N–H and O–H groups in total. The van der Waals surface area contributed by atoms with Gasteiger partial charge in [-0.05, 0) is 0 Å². The van der Waals surface area contributed by atoms with Crippen molar-refractivity contribution in [2.75, 3.05) is 7.11 Å². The van der Waals surface area contributed by atoms with Gasteiger partial charge < -0.3 is 4.43 Å². The van der Waals surface area contributed by atoms with Crippen LogP contribution in [0.2, 0.25) is 0 Å². The Morgan fingerprint density at radius 3 is 1.83 bits per heavy atom. The molecule has 0 rings (SSSR count). The Labute approximate surface area is 58.0 Å². The van der Waals surface area contributed by atoms with Crippen LogP contribution in [0.1, 0.15) is 0 Å². The predicted molar refractivity (Wildman–Crippen MR) is 36.5 cm³/mol. The summed E-state index contributed by atoms with van der Waals surface area (Å²) in [5, 5.41) is 0. The highest BCUT2D eigenvalue weighted by molar-refractivity contribution is 9.52. The Bertz CT molecular complexity index is 43.3. The first-order chi connectivity index (χ1) is 2.56. The number of hydrogen-bond donors (Lipinski definition) is 0. The second-order valence-electron chi connectivity index (χ2n) is 0.650. The maximum Gasteiger partial charge on any atom is 0.436 e. The molecule has 0 bridgehead atoms. The molecule has 0 saturated heterocycles. The van der Waals surface area contributed by atoms with Gasteiger partial charge in [-0.25, -0.2) is 0 Å². The lowest BCUT2D eigenvalue weighted by atomic mass is 11.8. The zero-order valence-electron chi connectivity index (χ0n) is 3.04. The van der Waals surface area contributed by atoms with Gasteiger partial charge in [0.15, 0.2) is 0 Å². The van der Waals surface area contributed by atoms with Gasteiger partial charge >= 0.3 is 4.87 Å². The van der Waals surface area contributed by atoms with Gasteiger partial charge in [0.25, 0.3) is 0 Å². The number of halogens is 3. The van der Waals surface area contributed by atoms with E-state index >= 15 is 0 Å². The van der Waals surface area contributed by atoms with Crippen LogP contribution in [0.4, 0.5) is 0 Å². The lowest BCUT2D eigenvalue weighted by molar-refractivity contribution is 0.447. The van der Waals surface area contributed by atoms with E-state index in [9.17, 15) is 0 Å². The summed E-state index contributed by atoms with van der Waals surface area (Å²) in [4.78, 5) is -2.03. The summed E-state index contributed by atoms with van der Waals surface area (Å²) in [5.41, 5.74) is 0. The quantitative estimate of drug-likeness (QED) is 0.514. The smallest absolute Gasteiger partial charge is 0.391 e. The Hall–Kier alpha value is 1.43. The minimum Gasteiger partial charge on any atom is -0.391 e. The highest BCUT2D eigenvalue weighted by Gasteiger charge is 2.21. The standard InChI is InChI=1S/CH3Br2ClOSi/c1-5-6(2,3)4/h1H3. The van der Waals surface area contributed by atoms with Crippen LogP contribution < -0.4 is 0 Å². The molecule has 0 atom stereocenters. The van der Waals surface area contributed by atoms with E-state index in [0.717, 1.165) is 0 Å². The average molecular weight is 254 g/mol. The van der Waals surface area contributed by atoms with Gasteiger partial charge in [-0.3, -0.25) is 0 Å². The molecule has 0 radical (unpaired) electrons. The van der Waals surface area contributed by atoms with Crippen LogP contribution in [0.5, 0.6) is 0 Å². The molecule has 0 saturated carbocycles. The molecule has 0 fully saturated rings. The first-order valence-electron chi connectivity index (χ1n) is 1.18. The van der Waals surface area contributed by atoms with Gasteiger partial charge in [-0.1, -0.05) is 30.6 Å². The first-order valence-corrected chi connectivity index (χ1v) is 8.61. The Kier molecular flexibility index (Phi) is 3.30. The Balaban J connectivity index is 3.17. The molecular weight excluding hydrogens is 251 g/mol. The molecule has 6 heavy (non-hydrogen) atoms. The third kappa shape index (κ3) is 5.43. The molecular formula is CH3Br2ClOSi. The fourth-order valence-corrected chi connectivity index (χ4v) is 0. The number of hydrogen-bond acceptors (Lipinski definition) is 1. The van der Waals surface area contributed by atoms with E-state index in [1.165, 1.54) is 0 Å². The normalized spacial score (nSPS) is 12.0. The topological polar surface area (TPSA) is 9.23 Å². The lowest BCUT2D eigenvalue weighted by Gasteiger charge is -2.01. The first kappa shape index (κ1) is 7.43. The van der Waals surface area contributed by atoms with Crippen LogP contribution >= 0.6 is 41.7 Å². The van der Waals surface area contributed by atoms with Crippen molar-refractivity contribution in [3.63, 3.8) is 0 Å². The second kappa shape index (κ2) is 2.67. The second-order valence-corrected chi connectivity index (χ2v) is 16.2. The minimum absolute atomic E-state index is 1.54. The molecule has 1 nitrogen and oxygen atoms in total. The SMILES string of the molecule is CO[Si](Cl)(Br)Br. The van der Waals surface area contributed by atoms with Gasteiger partial charge in [-0.15, -0.1) is 11.1 Å². The lowest BCUT2D eigenvalue weighted by Crippen LogP contribution is -2.09. The van der Waals surface area contributed by atoms with Gasteiger partial charge in [0.2, 0.25) is 0 Å². The van der Waals surface area contributed by atoms with Crippen LogP contribution in [-0.2, 0) is 4.43 Å². The maximum absolute atomic E-state index is 5.47. The summed E-state index contributed by atoms with van der Waals surface area (Å²) in [5.74, 6) is 0. The van der Waals surface area contributed by atoms with Gasteiger partial charge in [0, 0.05) is 7.11 Å². The Morgan fingerprint density at radius 1 is 1.67 bits per heavy atom. The summed E-state index contributed by atoms with van der Waals surface area (Å²) in [7, 11) is 1.54. The average Bonchev–Trinajstić information content (AvgIpc) is 1.35. The summed E-state index contributed by atoms with van der Waals surface area (Å²) >= 11 is 11.6. The van der Waals surface area contributed by atoms with E-state index in [4.69, 9.17) is 11.1 Å². The zero-order valence-corrected chi connectivity index (χ0v) is 7.97. The molecule has 0 aliphatic carbocycles. The third-order valence-electron chi connectivity index (χ3n) is 0.231. The molecule has 0 aromatic rings. The van der Waals surface area contributed by atoms with Gasteiger partial charge in [0.05, 0.1) is 0 Å². The molecule has 5 heteroatoms. The van der Waals surface area contributed by atoms with Crippen molar-refractivity contribution in [2.45, 2.75) is 0 Å². The van der Waals surface area contributed by atoms with Crippen LogP contribution in [0.3, 0.4) is 0 Å². The molecule has 0 heterocycles. The highest BCUT2D eigenvalue weighted by atomic mass is 79.9.